The van der Waals surface area contributed by atoms with Gasteiger partial charge < -0.3 is 11.1 Å². The summed E-state index contributed by atoms with van der Waals surface area (Å²) < 4.78 is 13.5. The number of aromatic nitrogens is 1. The van der Waals surface area contributed by atoms with Crippen LogP contribution in [0.1, 0.15) is 11.6 Å². The van der Waals surface area contributed by atoms with E-state index < -0.39 is 0 Å². The van der Waals surface area contributed by atoms with Gasteiger partial charge in [0.25, 0.3) is 0 Å². The van der Waals surface area contributed by atoms with Gasteiger partial charge in [-0.1, -0.05) is 12.1 Å². The van der Waals surface area contributed by atoms with Gasteiger partial charge in [0.15, 0.2) is 0 Å². The summed E-state index contributed by atoms with van der Waals surface area (Å²) in [5, 5.41) is 3.09. The lowest BCUT2D eigenvalue weighted by Gasteiger charge is -2.18. The van der Waals surface area contributed by atoms with Crippen molar-refractivity contribution in [1.82, 2.24) is 4.98 Å². The van der Waals surface area contributed by atoms with E-state index >= 15 is 0 Å². The molecule has 0 bridgehead atoms. The first-order chi connectivity index (χ1) is 8.31. The Bertz CT molecular complexity index is 473. The lowest BCUT2D eigenvalue weighted by molar-refractivity contribution is 0.626. The summed E-state index contributed by atoms with van der Waals surface area (Å²) in [5.74, 6) is -0.278. The van der Waals surface area contributed by atoms with Crippen LogP contribution in [0.3, 0.4) is 0 Å². The van der Waals surface area contributed by atoms with Crippen LogP contribution in [0.25, 0.3) is 0 Å². The Balaban J connectivity index is 2.19. The van der Waals surface area contributed by atoms with Crippen LogP contribution in [-0.4, -0.2) is 11.5 Å². The maximum absolute atomic E-state index is 13.5. The fourth-order valence-electron chi connectivity index (χ4n) is 1.64. The molecule has 3 N–H and O–H groups in total. The smallest absolute Gasteiger partial charge is 0.146 e. The number of nitrogens with zero attached hydrogens (tertiary/aromatic N) is 1. The SMILES string of the molecule is NCC(Nc1ccccc1F)c1ccncc1. The van der Waals surface area contributed by atoms with E-state index in [0.717, 1.165) is 5.56 Å². The second-order valence-corrected chi connectivity index (χ2v) is 3.69. The van der Waals surface area contributed by atoms with Crippen molar-refractivity contribution in [2.45, 2.75) is 6.04 Å². The van der Waals surface area contributed by atoms with Gasteiger partial charge in [0.2, 0.25) is 0 Å². The van der Waals surface area contributed by atoms with E-state index in [0.29, 0.717) is 12.2 Å². The van der Waals surface area contributed by atoms with Crippen molar-refractivity contribution in [1.29, 1.82) is 0 Å². The third-order valence-electron chi connectivity index (χ3n) is 2.55. The molecule has 0 radical (unpaired) electrons. The van der Waals surface area contributed by atoms with Gasteiger partial charge in [-0.3, -0.25) is 4.98 Å². The number of halogens is 1. The largest absolute Gasteiger partial charge is 0.375 e. The van der Waals surface area contributed by atoms with Crippen molar-refractivity contribution in [3.63, 3.8) is 0 Å². The lowest BCUT2D eigenvalue weighted by Crippen LogP contribution is -2.21. The van der Waals surface area contributed by atoms with Crippen LogP contribution in [0.4, 0.5) is 10.1 Å². The first kappa shape index (κ1) is 11.5. The second kappa shape index (κ2) is 5.41. The van der Waals surface area contributed by atoms with E-state index in [2.05, 4.69) is 10.3 Å². The van der Waals surface area contributed by atoms with E-state index in [1.165, 1.54) is 6.07 Å². The van der Waals surface area contributed by atoms with Crippen LogP contribution in [-0.2, 0) is 0 Å². The zero-order valence-corrected chi connectivity index (χ0v) is 9.31. The average Bonchev–Trinajstić information content (AvgIpc) is 2.39. The van der Waals surface area contributed by atoms with Gasteiger partial charge in [0, 0.05) is 18.9 Å². The van der Waals surface area contributed by atoms with E-state index in [-0.39, 0.29) is 11.9 Å². The van der Waals surface area contributed by atoms with Crippen molar-refractivity contribution < 1.29 is 4.39 Å². The molecule has 0 saturated carbocycles. The number of nitrogens with two attached hydrogens (primary N) is 1. The first-order valence-corrected chi connectivity index (χ1v) is 5.42. The number of hydrogen-bond donors (Lipinski definition) is 2. The zero-order valence-electron chi connectivity index (χ0n) is 9.31. The van der Waals surface area contributed by atoms with E-state index in [9.17, 15) is 4.39 Å². The number of pyridine rings is 1. The summed E-state index contributed by atoms with van der Waals surface area (Å²) in [6.07, 6.45) is 3.39. The molecule has 2 rings (SSSR count). The summed E-state index contributed by atoms with van der Waals surface area (Å²) in [5.41, 5.74) is 7.15. The van der Waals surface area contributed by atoms with Crippen molar-refractivity contribution in [3.05, 3.63) is 60.2 Å². The van der Waals surface area contributed by atoms with Crippen LogP contribution in [0.15, 0.2) is 48.8 Å². The molecule has 0 aliphatic heterocycles. The number of rotatable bonds is 4. The molecule has 1 atom stereocenters. The molecule has 2 aromatic rings. The molecule has 3 nitrogen and oxygen atoms in total. The van der Waals surface area contributed by atoms with Crippen LogP contribution in [0.5, 0.6) is 0 Å². The van der Waals surface area contributed by atoms with Crippen LogP contribution < -0.4 is 11.1 Å². The van der Waals surface area contributed by atoms with Gasteiger partial charge in [-0.25, -0.2) is 4.39 Å². The predicted octanol–water partition coefficient (Wildman–Crippen LogP) is 2.33. The zero-order chi connectivity index (χ0) is 12.1. The van der Waals surface area contributed by atoms with Gasteiger partial charge in [0.05, 0.1) is 11.7 Å². The molecule has 4 heteroatoms. The number of anilines is 1. The monoisotopic (exact) mass is 231 g/mol. The van der Waals surface area contributed by atoms with Gasteiger partial charge in [-0.2, -0.15) is 0 Å². The van der Waals surface area contributed by atoms with E-state index in [1.807, 2.05) is 12.1 Å². The molecule has 0 aliphatic rings. The molecule has 17 heavy (non-hydrogen) atoms. The van der Waals surface area contributed by atoms with Crippen molar-refractivity contribution in [3.8, 4) is 0 Å². The minimum absolute atomic E-state index is 0.116. The predicted molar refractivity (Wildman–Crippen MR) is 66.1 cm³/mol. The van der Waals surface area contributed by atoms with Crippen LogP contribution in [0.2, 0.25) is 0 Å². The quantitative estimate of drug-likeness (QED) is 0.849. The highest BCUT2D eigenvalue weighted by atomic mass is 19.1. The maximum atomic E-state index is 13.5. The highest BCUT2D eigenvalue weighted by Gasteiger charge is 2.10. The number of hydrogen-bond acceptors (Lipinski definition) is 3. The molecule has 88 valence electrons. The Morgan fingerprint density at radius 2 is 1.88 bits per heavy atom. The van der Waals surface area contributed by atoms with Crippen LogP contribution in [0, 0.1) is 5.82 Å². The molecule has 0 saturated heterocycles. The highest BCUT2D eigenvalue weighted by Crippen LogP contribution is 2.20. The number of para-hydroxylation sites is 1. The summed E-state index contributed by atoms with van der Waals surface area (Å²) in [7, 11) is 0. The molecule has 0 amide bonds. The Hall–Kier alpha value is -1.94. The third kappa shape index (κ3) is 2.79. The van der Waals surface area contributed by atoms with Gasteiger partial charge in [-0.15, -0.1) is 0 Å². The lowest BCUT2D eigenvalue weighted by atomic mass is 10.1. The fraction of sp³-hybridized carbons (Fsp3) is 0.154. The molecule has 1 heterocycles. The molecular weight excluding hydrogens is 217 g/mol. The summed E-state index contributed by atoms with van der Waals surface area (Å²) in [6, 6.07) is 10.2. The van der Waals surface area contributed by atoms with Crippen molar-refractivity contribution in [2.24, 2.45) is 5.73 Å². The number of benzene rings is 1. The summed E-state index contributed by atoms with van der Waals surface area (Å²) in [6.45, 7) is 0.387. The Morgan fingerprint density at radius 1 is 1.18 bits per heavy atom. The fourth-order valence-corrected chi connectivity index (χ4v) is 1.64. The van der Waals surface area contributed by atoms with Crippen LogP contribution >= 0.6 is 0 Å². The molecule has 0 aliphatic carbocycles. The second-order valence-electron chi connectivity index (χ2n) is 3.69. The molecule has 1 aromatic heterocycles. The minimum atomic E-state index is -0.278. The van der Waals surface area contributed by atoms with E-state index in [1.54, 1.807) is 30.6 Å². The Morgan fingerprint density at radius 3 is 2.53 bits per heavy atom. The Kier molecular flexibility index (Phi) is 3.67. The first-order valence-electron chi connectivity index (χ1n) is 5.42. The third-order valence-corrected chi connectivity index (χ3v) is 2.55. The highest BCUT2D eigenvalue weighted by molar-refractivity contribution is 5.46. The minimum Gasteiger partial charge on any atom is -0.375 e. The van der Waals surface area contributed by atoms with E-state index in [4.69, 9.17) is 5.73 Å². The molecule has 1 aromatic carbocycles. The summed E-state index contributed by atoms with van der Waals surface area (Å²) in [4.78, 5) is 3.94. The average molecular weight is 231 g/mol. The Labute approximate surface area is 99.5 Å². The molecule has 0 spiro atoms. The molecule has 0 fully saturated rings. The van der Waals surface area contributed by atoms with Gasteiger partial charge in [-0.05, 0) is 29.8 Å². The topological polar surface area (TPSA) is 50.9 Å². The van der Waals surface area contributed by atoms with Crippen molar-refractivity contribution >= 4 is 5.69 Å². The number of nitrogens with one attached hydrogen (secondary N) is 1. The maximum Gasteiger partial charge on any atom is 0.146 e. The standard InChI is InChI=1S/C13H14FN3/c14-11-3-1-2-4-12(11)17-13(9-15)10-5-7-16-8-6-10/h1-8,13,17H,9,15H2. The van der Waals surface area contributed by atoms with Crippen molar-refractivity contribution in [2.75, 3.05) is 11.9 Å². The van der Waals surface area contributed by atoms with Gasteiger partial charge in [0.1, 0.15) is 5.82 Å². The van der Waals surface area contributed by atoms with Gasteiger partial charge >= 0.3 is 0 Å². The normalized spacial score (nSPS) is 12.1. The molecular formula is C13H14FN3. The summed E-state index contributed by atoms with van der Waals surface area (Å²) >= 11 is 0. The molecule has 1 unspecified atom stereocenters.